The first-order valence-electron chi connectivity index (χ1n) is 6.77. The number of aryl methyl sites for hydroxylation is 1. The van der Waals surface area contributed by atoms with E-state index in [9.17, 15) is 0 Å². The third kappa shape index (κ3) is 3.59. The van der Waals surface area contributed by atoms with Gasteiger partial charge in [-0.1, -0.05) is 12.1 Å². The van der Waals surface area contributed by atoms with Gasteiger partial charge >= 0.3 is 0 Å². The van der Waals surface area contributed by atoms with E-state index in [0.29, 0.717) is 12.6 Å². The maximum atomic E-state index is 5.98. The normalized spacial score (nSPS) is 14.5. The van der Waals surface area contributed by atoms with Crippen LogP contribution in [0.15, 0.2) is 28.1 Å². The summed E-state index contributed by atoms with van der Waals surface area (Å²) in [5.74, 6) is 0.923. The molecule has 0 saturated heterocycles. The number of halogens is 1. The number of para-hydroxylation sites is 1. The predicted molar refractivity (Wildman–Crippen MR) is 85.2 cm³/mol. The standard InChI is InChI=1S/C15H17BrN2OS/c1-10-18-13(9-20-10)8-19-15-11(3-2-4-14(15)16)7-17-12-5-6-12/h2-4,9,12,17H,5-8H2,1H3. The molecule has 0 amide bonds. The van der Waals surface area contributed by atoms with Crippen molar-refractivity contribution in [3.8, 4) is 5.75 Å². The summed E-state index contributed by atoms with van der Waals surface area (Å²) < 4.78 is 6.98. The lowest BCUT2D eigenvalue weighted by molar-refractivity contribution is 0.296. The number of nitrogens with one attached hydrogen (secondary N) is 1. The van der Waals surface area contributed by atoms with Crippen molar-refractivity contribution >= 4 is 27.3 Å². The molecular weight excluding hydrogens is 336 g/mol. The molecule has 0 unspecified atom stereocenters. The van der Waals surface area contributed by atoms with Crippen LogP contribution in [0.2, 0.25) is 0 Å². The van der Waals surface area contributed by atoms with Crippen molar-refractivity contribution in [3.63, 3.8) is 0 Å². The zero-order valence-electron chi connectivity index (χ0n) is 11.4. The molecular formula is C15H17BrN2OS. The van der Waals surface area contributed by atoms with Crippen LogP contribution >= 0.6 is 27.3 Å². The Bertz CT molecular complexity index is 595. The summed E-state index contributed by atoms with van der Waals surface area (Å²) in [7, 11) is 0. The predicted octanol–water partition coefficient (Wildman–Crippen LogP) is 4.05. The Balaban J connectivity index is 1.69. The van der Waals surface area contributed by atoms with Crippen molar-refractivity contribution in [1.82, 2.24) is 10.3 Å². The summed E-state index contributed by atoms with van der Waals surface area (Å²) in [5.41, 5.74) is 2.18. The summed E-state index contributed by atoms with van der Waals surface area (Å²) in [6, 6.07) is 6.88. The first kappa shape index (κ1) is 14.0. The Morgan fingerprint density at radius 2 is 2.30 bits per heavy atom. The lowest BCUT2D eigenvalue weighted by Gasteiger charge is -2.13. The van der Waals surface area contributed by atoms with Gasteiger partial charge in [-0.15, -0.1) is 11.3 Å². The highest BCUT2D eigenvalue weighted by Gasteiger charge is 2.21. The van der Waals surface area contributed by atoms with Crippen molar-refractivity contribution in [3.05, 3.63) is 44.3 Å². The maximum Gasteiger partial charge on any atom is 0.138 e. The van der Waals surface area contributed by atoms with E-state index in [1.165, 1.54) is 18.4 Å². The Hall–Kier alpha value is -0.910. The van der Waals surface area contributed by atoms with Gasteiger partial charge in [-0.3, -0.25) is 0 Å². The molecule has 1 N–H and O–H groups in total. The van der Waals surface area contributed by atoms with Crippen molar-refractivity contribution in [1.29, 1.82) is 0 Å². The average molecular weight is 353 g/mol. The highest BCUT2D eigenvalue weighted by atomic mass is 79.9. The van der Waals surface area contributed by atoms with Gasteiger partial charge in [0.1, 0.15) is 12.4 Å². The Kier molecular flexibility index (Phi) is 4.38. The summed E-state index contributed by atoms with van der Waals surface area (Å²) in [4.78, 5) is 4.43. The van der Waals surface area contributed by atoms with Crippen LogP contribution in [-0.4, -0.2) is 11.0 Å². The molecule has 20 heavy (non-hydrogen) atoms. The Labute approximate surface area is 131 Å². The van der Waals surface area contributed by atoms with Crippen molar-refractivity contribution < 1.29 is 4.74 Å². The molecule has 2 aromatic rings. The number of ether oxygens (including phenoxy) is 1. The fourth-order valence-electron chi connectivity index (χ4n) is 2.02. The van der Waals surface area contributed by atoms with Crippen LogP contribution in [-0.2, 0) is 13.2 Å². The van der Waals surface area contributed by atoms with Gasteiger partial charge in [0.25, 0.3) is 0 Å². The smallest absolute Gasteiger partial charge is 0.138 e. The van der Waals surface area contributed by atoms with Gasteiger partial charge < -0.3 is 10.1 Å². The van der Waals surface area contributed by atoms with E-state index in [1.54, 1.807) is 11.3 Å². The molecule has 0 bridgehead atoms. The van der Waals surface area contributed by atoms with Gasteiger partial charge in [0.15, 0.2) is 0 Å². The second-order valence-electron chi connectivity index (χ2n) is 5.03. The van der Waals surface area contributed by atoms with Crippen LogP contribution in [0.1, 0.15) is 29.1 Å². The lowest BCUT2D eigenvalue weighted by atomic mass is 10.2. The topological polar surface area (TPSA) is 34.1 Å². The molecule has 1 saturated carbocycles. The van der Waals surface area contributed by atoms with Crippen LogP contribution < -0.4 is 10.1 Å². The number of thiazole rings is 1. The number of aromatic nitrogens is 1. The summed E-state index contributed by atoms with van der Waals surface area (Å²) in [5, 5.41) is 6.65. The second kappa shape index (κ2) is 6.24. The van der Waals surface area contributed by atoms with E-state index in [2.05, 4.69) is 32.3 Å². The average Bonchev–Trinajstić information content (AvgIpc) is 3.17. The molecule has 1 aromatic carbocycles. The third-order valence-electron chi connectivity index (χ3n) is 3.24. The van der Waals surface area contributed by atoms with Crippen molar-refractivity contribution in [2.45, 2.75) is 39.0 Å². The van der Waals surface area contributed by atoms with Gasteiger partial charge in [-0.25, -0.2) is 4.98 Å². The third-order valence-corrected chi connectivity index (χ3v) is 4.68. The number of benzene rings is 1. The molecule has 0 atom stereocenters. The summed E-state index contributed by atoms with van der Waals surface area (Å²) in [6.07, 6.45) is 2.59. The molecule has 0 spiro atoms. The van der Waals surface area contributed by atoms with Gasteiger partial charge in [0, 0.05) is 23.5 Å². The van der Waals surface area contributed by atoms with Gasteiger partial charge in [0.05, 0.1) is 15.2 Å². The molecule has 1 fully saturated rings. The fourth-order valence-corrected chi connectivity index (χ4v) is 3.14. The van der Waals surface area contributed by atoms with E-state index < -0.39 is 0 Å². The number of hydrogen-bond donors (Lipinski definition) is 1. The fraction of sp³-hybridized carbons (Fsp3) is 0.400. The molecule has 3 nitrogen and oxygen atoms in total. The van der Waals surface area contributed by atoms with Crippen LogP contribution in [0.5, 0.6) is 5.75 Å². The summed E-state index contributed by atoms with van der Waals surface area (Å²) in [6.45, 7) is 3.39. The lowest BCUT2D eigenvalue weighted by Crippen LogP contribution is -2.16. The minimum Gasteiger partial charge on any atom is -0.486 e. The van der Waals surface area contributed by atoms with E-state index >= 15 is 0 Å². The highest BCUT2D eigenvalue weighted by molar-refractivity contribution is 9.10. The van der Waals surface area contributed by atoms with E-state index in [0.717, 1.165) is 27.5 Å². The minimum atomic E-state index is 0.517. The Morgan fingerprint density at radius 1 is 1.45 bits per heavy atom. The van der Waals surface area contributed by atoms with Gasteiger partial charge in [0.2, 0.25) is 0 Å². The van der Waals surface area contributed by atoms with Crippen LogP contribution in [0, 0.1) is 6.92 Å². The van der Waals surface area contributed by atoms with Crippen molar-refractivity contribution in [2.75, 3.05) is 0 Å². The molecule has 1 aliphatic rings. The van der Waals surface area contributed by atoms with Crippen LogP contribution in [0.3, 0.4) is 0 Å². The monoisotopic (exact) mass is 352 g/mol. The first-order chi connectivity index (χ1) is 9.72. The first-order valence-corrected chi connectivity index (χ1v) is 8.44. The van der Waals surface area contributed by atoms with E-state index in [-0.39, 0.29) is 0 Å². The zero-order chi connectivity index (χ0) is 13.9. The van der Waals surface area contributed by atoms with Gasteiger partial charge in [-0.2, -0.15) is 0 Å². The minimum absolute atomic E-state index is 0.517. The summed E-state index contributed by atoms with van der Waals surface area (Å²) >= 11 is 5.23. The number of nitrogens with zero attached hydrogens (tertiary/aromatic N) is 1. The molecule has 1 heterocycles. The van der Waals surface area contributed by atoms with Crippen molar-refractivity contribution in [2.24, 2.45) is 0 Å². The van der Waals surface area contributed by atoms with Crippen LogP contribution in [0.4, 0.5) is 0 Å². The van der Waals surface area contributed by atoms with E-state index in [4.69, 9.17) is 4.74 Å². The van der Waals surface area contributed by atoms with Gasteiger partial charge in [-0.05, 0) is 41.8 Å². The quantitative estimate of drug-likeness (QED) is 0.851. The highest BCUT2D eigenvalue weighted by Crippen LogP contribution is 2.31. The molecule has 1 aromatic heterocycles. The Morgan fingerprint density at radius 3 is 3.00 bits per heavy atom. The second-order valence-corrected chi connectivity index (χ2v) is 6.95. The molecule has 1 aliphatic carbocycles. The molecule has 0 aliphatic heterocycles. The van der Waals surface area contributed by atoms with Crippen LogP contribution in [0.25, 0.3) is 0 Å². The molecule has 5 heteroatoms. The molecule has 3 rings (SSSR count). The molecule has 106 valence electrons. The maximum absolute atomic E-state index is 5.98. The number of hydrogen-bond acceptors (Lipinski definition) is 4. The van der Waals surface area contributed by atoms with E-state index in [1.807, 2.05) is 24.4 Å². The SMILES string of the molecule is Cc1nc(COc2c(Br)cccc2CNC2CC2)cs1. The number of rotatable bonds is 6. The zero-order valence-corrected chi connectivity index (χ0v) is 13.8. The molecule has 0 radical (unpaired) electrons. The largest absolute Gasteiger partial charge is 0.486 e.